The molecule has 0 spiro atoms. The van der Waals surface area contributed by atoms with Crippen LogP contribution >= 0.6 is 24.0 Å². The van der Waals surface area contributed by atoms with Crippen molar-refractivity contribution in [2.75, 3.05) is 19.7 Å². The highest BCUT2D eigenvalue weighted by atomic mass is 127. The van der Waals surface area contributed by atoms with Gasteiger partial charge < -0.3 is 21.1 Å². The minimum atomic E-state index is -0.126. The molecule has 1 rings (SSSR count). The maximum Gasteiger partial charge on any atom is 0.257 e. The van der Waals surface area contributed by atoms with E-state index in [9.17, 15) is 4.79 Å². The molecule has 1 amide bonds. The van der Waals surface area contributed by atoms with E-state index in [1.54, 1.807) is 0 Å². The van der Waals surface area contributed by atoms with Crippen molar-refractivity contribution < 1.29 is 9.53 Å². The number of hydrogen-bond acceptors (Lipinski definition) is 3. The summed E-state index contributed by atoms with van der Waals surface area (Å²) in [6.45, 7) is 6.06. The van der Waals surface area contributed by atoms with E-state index in [-0.39, 0.29) is 36.5 Å². The first-order chi connectivity index (χ1) is 12.7. The molecule has 6 nitrogen and oxygen atoms in total. The van der Waals surface area contributed by atoms with Crippen molar-refractivity contribution in [2.45, 2.75) is 58.9 Å². The van der Waals surface area contributed by atoms with Crippen molar-refractivity contribution in [2.24, 2.45) is 10.7 Å². The predicted octanol–water partition coefficient (Wildman–Crippen LogP) is 3.58. The first kappa shape index (κ1) is 25.5. The average Bonchev–Trinajstić information content (AvgIpc) is 2.64. The van der Waals surface area contributed by atoms with Gasteiger partial charge in [-0.2, -0.15) is 0 Å². The lowest BCUT2D eigenvalue weighted by Gasteiger charge is -2.08. The van der Waals surface area contributed by atoms with Crippen molar-refractivity contribution in [1.29, 1.82) is 0 Å². The third-order valence-corrected chi connectivity index (χ3v) is 3.91. The van der Waals surface area contributed by atoms with Crippen molar-refractivity contribution in [3.63, 3.8) is 0 Å². The fourth-order valence-corrected chi connectivity index (χ4v) is 2.48. The number of hydrogen-bond donors (Lipinski definition) is 3. The number of halogens is 1. The van der Waals surface area contributed by atoms with Crippen LogP contribution in [0.2, 0.25) is 0 Å². The number of aliphatic imine (C=N–C) groups is 1. The standard InChI is InChI=1S/C20H34N4O2.HI/c1-3-5-6-7-8-9-13-23-20(21)24-15-17-11-10-12-18(14-17)26-16-19(25)22-4-2;/h10-12,14H,3-9,13,15-16H2,1-2H3,(H,22,25)(H3,21,23,24);1H. The van der Waals surface area contributed by atoms with Crippen molar-refractivity contribution in [3.8, 4) is 5.75 Å². The number of guanidine groups is 1. The molecule has 0 bridgehead atoms. The van der Waals surface area contributed by atoms with Gasteiger partial charge in [0.15, 0.2) is 12.6 Å². The summed E-state index contributed by atoms with van der Waals surface area (Å²) in [5, 5.41) is 5.85. The van der Waals surface area contributed by atoms with Gasteiger partial charge in [-0.3, -0.25) is 4.79 Å². The number of rotatable bonds is 13. The number of nitrogens with zero attached hydrogens (tertiary/aromatic N) is 1. The summed E-state index contributed by atoms with van der Waals surface area (Å²) in [7, 11) is 0. The maximum absolute atomic E-state index is 11.4. The zero-order valence-corrected chi connectivity index (χ0v) is 19.0. The summed E-state index contributed by atoms with van der Waals surface area (Å²) in [6, 6.07) is 7.55. The molecule has 0 unspecified atom stereocenters. The molecule has 0 saturated heterocycles. The Bertz CT molecular complexity index is 553. The smallest absolute Gasteiger partial charge is 0.257 e. The molecular weight excluding hydrogens is 455 g/mol. The zero-order chi connectivity index (χ0) is 19.0. The summed E-state index contributed by atoms with van der Waals surface area (Å²) >= 11 is 0. The summed E-state index contributed by atoms with van der Waals surface area (Å²) in [6.07, 6.45) is 7.54. The second kappa shape index (κ2) is 16.6. The minimum absolute atomic E-state index is 0. The first-order valence-corrected chi connectivity index (χ1v) is 9.68. The van der Waals surface area contributed by atoms with Gasteiger partial charge >= 0.3 is 0 Å². The molecule has 7 heteroatoms. The van der Waals surface area contributed by atoms with Crippen LogP contribution in [0, 0.1) is 0 Å². The summed E-state index contributed by atoms with van der Waals surface area (Å²) in [4.78, 5) is 15.8. The monoisotopic (exact) mass is 490 g/mol. The Morgan fingerprint density at radius 2 is 1.85 bits per heavy atom. The topological polar surface area (TPSA) is 88.7 Å². The predicted molar refractivity (Wildman–Crippen MR) is 123 cm³/mol. The summed E-state index contributed by atoms with van der Waals surface area (Å²) in [5.74, 6) is 0.994. The molecule has 0 aliphatic carbocycles. The van der Waals surface area contributed by atoms with E-state index in [1.807, 2.05) is 31.2 Å². The van der Waals surface area contributed by atoms with Gasteiger partial charge in [-0.25, -0.2) is 4.99 Å². The lowest BCUT2D eigenvalue weighted by atomic mass is 10.1. The molecule has 4 N–H and O–H groups in total. The second-order valence-electron chi connectivity index (χ2n) is 6.29. The Kier molecular flexibility index (Phi) is 15.7. The molecule has 0 fully saturated rings. The van der Waals surface area contributed by atoms with Gasteiger partial charge in [0, 0.05) is 13.1 Å². The second-order valence-corrected chi connectivity index (χ2v) is 6.29. The quantitative estimate of drug-likeness (QED) is 0.171. The van der Waals surface area contributed by atoms with E-state index in [2.05, 4.69) is 22.5 Å². The maximum atomic E-state index is 11.4. The number of unbranched alkanes of at least 4 members (excludes halogenated alkanes) is 5. The Hall–Kier alpha value is -1.51. The first-order valence-electron chi connectivity index (χ1n) is 9.68. The van der Waals surface area contributed by atoms with Crippen LogP contribution in [-0.2, 0) is 11.3 Å². The van der Waals surface area contributed by atoms with Crippen LogP contribution in [0.5, 0.6) is 5.75 Å². The Balaban J connectivity index is 0.00000676. The van der Waals surface area contributed by atoms with E-state index in [0.717, 1.165) is 18.5 Å². The van der Waals surface area contributed by atoms with Gasteiger partial charge in [0.2, 0.25) is 0 Å². The average molecular weight is 490 g/mol. The van der Waals surface area contributed by atoms with Crippen LogP contribution in [0.25, 0.3) is 0 Å². The number of amides is 1. The molecule has 0 atom stereocenters. The largest absolute Gasteiger partial charge is 0.484 e. The van der Waals surface area contributed by atoms with Crippen LogP contribution in [0.3, 0.4) is 0 Å². The van der Waals surface area contributed by atoms with Crippen molar-refractivity contribution >= 4 is 35.8 Å². The van der Waals surface area contributed by atoms with Crippen LogP contribution in [0.4, 0.5) is 0 Å². The summed E-state index contributed by atoms with van der Waals surface area (Å²) in [5.41, 5.74) is 6.90. The van der Waals surface area contributed by atoms with Gasteiger partial charge in [-0.15, -0.1) is 24.0 Å². The van der Waals surface area contributed by atoms with Crippen molar-refractivity contribution in [1.82, 2.24) is 10.6 Å². The lowest BCUT2D eigenvalue weighted by molar-refractivity contribution is -0.122. The molecule has 0 saturated carbocycles. The van der Waals surface area contributed by atoms with Crippen LogP contribution < -0.4 is 21.1 Å². The Morgan fingerprint density at radius 1 is 1.11 bits per heavy atom. The molecule has 0 aromatic heterocycles. The molecular formula is C20H35IN4O2. The number of nitrogens with one attached hydrogen (secondary N) is 2. The molecule has 1 aromatic carbocycles. The highest BCUT2D eigenvalue weighted by Crippen LogP contribution is 2.14. The molecule has 154 valence electrons. The zero-order valence-electron chi connectivity index (χ0n) is 16.6. The summed E-state index contributed by atoms with van der Waals surface area (Å²) < 4.78 is 5.48. The third kappa shape index (κ3) is 13.3. The van der Waals surface area contributed by atoms with Gasteiger partial charge in [-0.05, 0) is 31.0 Å². The number of ether oxygens (including phenoxy) is 1. The fourth-order valence-electron chi connectivity index (χ4n) is 2.48. The minimum Gasteiger partial charge on any atom is -0.484 e. The van der Waals surface area contributed by atoms with Crippen LogP contribution in [0.1, 0.15) is 57.9 Å². The number of benzene rings is 1. The van der Waals surface area contributed by atoms with E-state index in [0.29, 0.717) is 24.8 Å². The number of likely N-dealkylation sites (N-methyl/N-ethyl adjacent to an activating group) is 1. The molecule has 0 aliphatic heterocycles. The Labute approximate surface area is 180 Å². The van der Waals surface area contributed by atoms with Crippen LogP contribution in [0.15, 0.2) is 29.3 Å². The molecule has 0 radical (unpaired) electrons. The molecule has 27 heavy (non-hydrogen) atoms. The van der Waals surface area contributed by atoms with E-state index in [1.165, 1.54) is 32.1 Å². The normalized spacial score (nSPS) is 10.8. The number of nitrogens with two attached hydrogens (primary N) is 1. The molecule has 0 heterocycles. The fraction of sp³-hybridized carbons (Fsp3) is 0.600. The third-order valence-electron chi connectivity index (χ3n) is 3.91. The number of carbonyl (C=O) groups is 1. The molecule has 1 aromatic rings. The van der Waals surface area contributed by atoms with Gasteiger partial charge in [0.25, 0.3) is 5.91 Å². The van der Waals surface area contributed by atoms with Crippen LogP contribution in [-0.4, -0.2) is 31.6 Å². The SMILES string of the molecule is CCCCCCCCNC(N)=NCc1cccc(OCC(=O)NCC)c1.I. The van der Waals surface area contributed by atoms with Gasteiger partial charge in [0.05, 0.1) is 6.54 Å². The van der Waals surface area contributed by atoms with Gasteiger partial charge in [0.1, 0.15) is 5.75 Å². The van der Waals surface area contributed by atoms with E-state index in [4.69, 9.17) is 10.5 Å². The van der Waals surface area contributed by atoms with Gasteiger partial charge in [-0.1, -0.05) is 51.2 Å². The Morgan fingerprint density at radius 3 is 2.59 bits per heavy atom. The van der Waals surface area contributed by atoms with E-state index >= 15 is 0 Å². The number of carbonyl (C=O) groups excluding carboxylic acids is 1. The highest BCUT2D eigenvalue weighted by Gasteiger charge is 2.02. The highest BCUT2D eigenvalue weighted by molar-refractivity contribution is 14.0. The molecule has 0 aliphatic rings. The lowest BCUT2D eigenvalue weighted by Crippen LogP contribution is -2.32. The van der Waals surface area contributed by atoms with E-state index < -0.39 is 0 Å². The van der Waals surface area contributed by atoms with Crippen molar-refractivity contribution in [3.05, 3.63) is 29.8 Å².